The van der Waals surface area contributed by atoms with Gasteiger partial charge in [0, 0.05) is 11.2 Å². The molecule has 116 valence electrons. The molecule has 0 bridgehead atoms. The van der Waals surface area contributed by atoms with Crippen molar-refractivity contribution in [1.82, 2.24) is 0 Å². The number of anilines is 1. The Hall–Kier alpha value is -1.39. The van der Waals surface area contributed by atoms with Crippen molar-refractivity contribution < 1.29 is 9.53 Å². The average molecular weight is 290 g/mol. The fraction of sp³-hybridized carbons (Fsp3) is 0.588. The lowest BCUT2D eigenvalue weighted by Crippen LogP contribution is -2.44. The smallest absolute Gasteiger partial charge is 0.250 e. The molecule has 3 N–H and O–H groups in total. The summed E-state index contributed by atoms with van der Waals surface area (Å²) < 4.78 is 5.55. The van der Waals surface area contributed by atoms with Crippen molar-refractivity contribution in [2.45, 2.75) is 51.0 Å². The van der Waals surface area contributed by atoms with E-state index in [9.17, 15) is 4.79 Å². The van der Waals surface area contributed by atoms with Gasteiger partial charge >= 0.3 is 0 Å². The molecule has 1 fully saturated rings. The maximum atomic E-state index is 11.8. The number of hydrogen-bond donors (Lipinski definition) is 2. The van der Waals surface area contributed by atoms with Crippen molar-refractivity contribution in [1.29, 1.82) is 0 Å². The van der Waals surface area contributed by atoms with Crippen LogP contribution in [0.3, 0.4) is 0 Å². The number of nitrogens with one attached hydrogen (secondary N) is 1. The Bertz CT molecular complexity index is 448. The monoisotopic (exact) mass is 290 g/mol. The third-order valence-electron chi connectivity index (χ3n) is 4.06. The van der Waals surface area contributed by atoms with Gasteiger partial charge in [0.05, 0.1) is 6.61 Å². The Kier molecular flexibility index (Phi) is 5.76. The maximum Gasteiger partial charge on any atom is 0.250 e. The van der Waals surface area contributed by atoms with Gasteiger partial charge < -0.3 is 15.8 Å². The lowest BCUT2D eigenvalue weighted by atomic mass is 9.93. The Labute approximate surface area is 127 Å². The van der Waals surface area contributed by atoms with Gasteiger partial charge in [-0.2, -0.15) is 0 Å². The summed E-state index contributed by atoms with van der Waals surface area (Å²) in [5, 5.41) is 2.83. The highest BCUT2D eigenvalue weighted by Crippen LogP contribution is 2.25. The van der Waals surface area contributed by atoms with Crippen molar-refractivity contribution in [3.8, 4) is 0 Å². The number of ether oxygens (including phenoxy) is 1. The molecule has 0 spiro atoms. The Morgan fingerprint density at radius 1 is 1.19 bits per heavy atom. The molecule has 1 aromatic carbocycles. The molecule has 0 aromatic heterocycles. The summed E-state index contributed by atoms with van der Waals surface area (Å²) >= 11 is 0. The zero-order chi connectivity index (χ0) is 15.1. The molecular formula is C17H26N2O2. The summed E-state index contributed by atoms with van der Waals surface area (Å²) in [6.45, 7) is 2.54. The number of amides is 1. The lowest BCUT2D eigenvalue weighted by Gasteiger charge is -2.27. The number of aryl methyl sites for hydroxylation is 1. The number of nitrogens with two attached hydrogens (primary N) is 1. The van der Waals surface area contributed by atoms with Gasteiger partial charge in [0.25, 0.3) is 0 Å². The Morgan fingerprint density at radius 2 is 1.81 bits per heavy atom. The number of benzene rings is 1. The van der Waals surface area contributed by atoms with Crippen LogP contribution in [0.4, 0.5) is 5.69 Å². The van der Waals surface area contributed by atoms with Gasteiger partial charge in [0.2, 0.25) is 5.91 Å². The van der Waals surface area contributed by atoms with E-state index < -0.39 is 0 Å². The van der Waals surface area contributed by atoms with Crippen molar-refractivity contribution in [3.05, 3.63) is 29.8 Å². The second kappa shape index (κ2) is 7.57. The second-order valence-electron chi connectivity index (χ2n) is 6.18. The highest BCUT2D eigenvalue weighted by atomic mass is 16.5. The van der Waals surface area contributed by atoms with E-state index in [2.05, 4.69) is 5.32 Å². The summed E-state index contributed by atoms with van der Waals surface area (Å²) in [4.78, 5) is 11.8. The van der Waals surface area contributed by atoms with Gasteiger partial charge in [-0.3, -0.25) is 4.79 Å². The van der Waals surface area contributed by atoms with Crippen molar-refractivity contribution in [3.63, 3.8) is 0 Å². The third kappa shape index (κ3) is 5.48. The molecule has 1 amide bonds. The summed E-state index contributed by atoms with van der Waals surface area (Å²) in [5.74, 6) is -0.129. The van der Waals surface area contributed by atoms with E-state index in [4.69, 9.17) is 10.5 Å². The molecule has 4 nitrogen and oxygen atoms in total. The van der Waals surface area contributed by atoms with E-state index in [1.807, 2.05) is 31.2 Å². The molecule has 4 heteroatoms. The maximum absolute atomic E-state index is 11.8. The van der Waals surface area contributed by atoms with Gasteiger partial charge in [-0.15, -0.1) is 0 Å². The number of carbonyl (C=O) groups excluding carboxylic acids is 1. The summed E-state index contributed by atoms with van der Waals surface area (Å²) in [5.41, 5.74) is 8.07. The fourth-order valence-corrected chi connectivity index (χ4v) is 2.76. The van der Waals surface area contributed by atoms with E-state index in [1.165, 1.54) is 18.4 Å². The quantitative estimate of drug-likeness (QED) is 0.819. The SMILES string of the molecule is Cc1ccc(NC(=O)COCC2(N)CCCCCC2)cc1. The van der Waals surface area contributed by atoms with E-state index in [0.29, 0.717) is 6.61 Å². The van der Waals surface area contributed by atoms with Crippen LogP contribution in [0, 0.1) is 6.92 Å². The first-order chi connectivity index (χ1) is 10.1. The minimum Gasteiger partial charge on any atom is -0.370 e. The van der Waals surface area contributed by atoms with Gasteiger partial charge in [-0.25, -0.2) is 0 Å². The summed E-state index contributed by atoms with van der Waals surface area (Å²) in [6.07, 6.45) is 6.82. The Balaban J connectivity index is 1.72. The number of carbonyl (C=O) groups is 1. The van der Waals surface area contributed by atoms with E-state index in [0.717, 1.165) is 31.4 Å². The normalized spacial score (nSPS) is 18.0. The molecule has 21 heavy (non-hydrogen) atoms. The predicted molar refractivity (Wildman–Crippen MR) is 85.2 cm³/mol. The predicted octanol–water partition coefficient (Wildman–Crippen LogP) is 3.00. The third-order valence-corrected chi connectivity index (χ3v) is 4.06. The average Bonchev–Trinajstić information content (AvgIpc) is 2.66. The topological polar surface area (TPSA) is 64.3 Å². The molecule has 0 saturated heterocycles. The first-order valence-electron chi connectivity index (χ1n) is 7.81. The van der Waals surface area contributed by atoms with Crippen LogP contribution in [0.1, 0.15) is 44.1 Å². The van der Waals surface area contributed by atoms with E-state index in [-0.39, 0.29) is 18.1 Å². The van der Waals surface area contributed by atoms with E-state index in [1.54, 1.807) is 0 Å². The van der Waals surface area contributed by atoms with Crippen LogP contribution >= 0.6 is 0 Å². The molecule has 2 rings (SSSR count). The van der Waals surface area contributed by atoms with Crippen LogP contribution in [-0.2, 0) is 9.53 Å². The molecule has 0 heterocycles. The molecule has 1 aromatic rings. The molecule has 0 radical (unpaired) electrons. The summed E-state index contributed by atoms with van der Waals surface area (Å²) in [6, 6.07) is 7.72. The van der Waals surface area contributed by atoms with Crippen LogP contribution in [-0.4, -0.2) is 24.7 Å². The number of rotatable bonds is 5. The molecule has 0 unspecified atom stereocenters. The highest BCUT2D eigenvalue weighted by Gasteiger charge is 2.26. The fourth-order valence-electron chi connectivity index (χ4n) is 2.76. The Morgan fingerprint density at radius 3 is 2.43 bits per heavy atom. The zero-order valence-corrected chi connectivity index (χ0v) is 12.9. The van der Waals surface area contributed by atoms with Gasteiger partial charge in [-0.05, 0) is 31.9 Å². The standard InChI is InChI=1S/C17H26N2O2/c1-14-6-8-15(9-7-14)19-16(20)12-21-13-17(18)10-4-2-3-5-11-17/h6-9H,2-5,10-13,18H2,1H3,(H,19,20). The lowest BCUT2D eigenvalue weighted by molar-refractivity contribution is -0.121. The van der Waals surface area contributed by atoms with Gasteiger partial charge in [0.15, 0.2) is 0 Å². The van der Waals surface area contributed by atoms with Crippen molar-refractivity contribution in [2.24, 2.45) is 5.73 Å². The largest absolute Gasteiger partial charge is 0.370 e. The second-order valence-corrected chi connectivity index (χ2v) is 6.18. The zero-order valence-electron chi connectivity index (χ0n) is 12.9. The molecular weight excluding hydrogens is 264 g/mol. The summed E-state index contributed by atoms with van der Waals surface area (Å²) in [7, 11) is 0. The molecule has 1 aliphatic rings. The van der Waals surface area contributed by atoms with Gasteiger partial charge in [0.1, 0.15) is 6.61 Å². The van der Waals surface area contributed by atoms with Crippen LogP contribution in [0.25, 0.3) is 0 Å². The van der Waals surface area contributed by atoms with Crippen LogP contribution in [0.2, 0.25) is 0 Å². The van der Waals surface area contributed by atoms with Crippen LogP contribution in [0.15, 0.2) is 24.3 Å². The van der Waals surface area contributed by atoms with Crippen LogP contribution < -0.4 is 11.1 Å². The van der Waals surface area contributed by atoms with Crippen LogP contribution in [0.5, 0.6) is 0 Å². The number of hydrogen-bond acceptors (Lipinski definition) is 3. The molecule has 0 aliphatic heterocycles. The molecule has 1 saturated carbocycles. The first-order valence-corrected chi connectivity index (χ1v) is 7.81. The van der Waals surface area contributed by atoms with Crippen molar-refractivity contribution >= 4 is 11.6 Å². The highest BCUT2D eigenvalue weighted by molar-refractivity contribution is 5.91. The minimum absolute atomic E-state index is 0.0623. The van der Waals surface area contributed by atoms with Crippen molar-refractivity contribution in [2.75, 3.05) is 18.5 Å². The molecule has 1 aliphatic carbocycles. The minimum atomic E-state index is -0.249. The van der Waals surface area contributed by atoms with Gasteiger partial charge in [-0.1, -0.05) is 43.4 Å². The molecule has 0 atom stereocenters. The first kappa shape index (κ1) is 16.0. The van der Waals surface area contributed by atoms with E-state index >= 15 is 0 Å².